The maximum absolute atomic E-state index is 10.4. The van der Waals surface area contributed by atoms with Crippen LogP contribution in [0, 0.1) is 5.41 Å². The molecular formula is C15H22O. The van der Waals surface area contributed by atoms with Gasteiger partial charge in [-0.05, 0) is 37.7 Å². The molecule has 0 bridgehead atoms. The van der Waals surface area contributed by atoms with Crippen LogP contribution in [0.5, 0.6) is 0 Å². The second-order valence-electron chi connectivity index (χ2n) is 5.27. The van der Waals surface area contributed by atoms with E-state index in [1.807, 2.05) is 6.92 Å². The van der Waals surface area contributed by atoms with Gasteiger partial charge in [0.1, 0.15) is 6.29 Å². The normalized spacial score (nSPS) is 23.1. The van der Waals surface area contributed by atoms with Crippen molar-refractivity contribution in [1.29, 1.82) is 0 Å². The minimum absolute atomic E-state index is 0.261. The fourth-order valence-electron chi connectivity index (χ4n) is 2.21. The Balaban J connectivity index is 2.95. The van der Waals surface area contributed by atoms with Crippen molar-refractivity contribution < 1.29 is 4.79 Å². The van der Waals surface area contributed by atoms with Gasteiger partial charge in [-0.3, -0.25) is 0 Å². The Labute approximate surface area is 98.9 Å². The molecule has 0 unspecified atom stereocenters. The van der Waals surface area contributed by atoms with Crippen LogP contribution in [-0.2, 0) is 4.79 Å². The quantitative estimate of drug-likeness (QED) is 0.648. The molecule has 0 atom stereocenters. The van der Waals surface area contributed by atoms with Crippen molar-refractivity contribution in [1.82, 2.24) is 0 Å². The molecule has 0 N–H and O–H groups in total. The molecule has 1 aliphatic carbocycles. The maximum Gasteiger partial charge on any atom is 0.124 e. The molecule has 1 nitrogen and oxygen atoms in total. The smallest absolute Gasteiger partial charge is 0.124 e. The van der Waals surface area contributed by atoms with Crippen LogP contribution in [0.3, 0.4) is 0 Å². The molecule has 0 saturated heterocycles. The van der Waals surface area contributed by atoms with Crippen LogP contribution in [0.4, 0.5) is 0 Å². The van der Waals surface area contributed by atoms with E-state index in [4.69, 9.17) is 0 Å². The lowest BCUT2D eigenvalue weighted by Crippen LogP contribution is -2.18. The minimum Gasteiger partial charge on any atom is -0.303 e. The Morgan fingerprint density at radius 3 is 2.75 bits per heavy atom. The van der Waals surface area contributed by atoms with Gasteiger partial charge in [0.25, 0.3) is 0 Å². The molecule has 1 rings (SSSR count). The Morgan fingerprint density at radius 2 is 2.19 bits per heavy atom. The van der Waals surface area contributed by atoms with Gasteiger partial charge >= 0.3 is 0 Å². The van der Waals surface area contributed by atoms with Crippen molar-refractivity contribution in [3.63, 3.8) is 0 Å². The molecule has 0 aromatic carbocycles. The number of carbonyl (C=O) groups excluding carboxylic acids is 1. The molecule has 0 saturated carbocycles. The molecule has 0 aliphatic heterocycles. The second kappa shape index (κ2) is 5.29. The zero-order chi connectivity index (χ0) is 12.2. The van der Waals surface area contributed by atoms with Crippen LogP contribution in [-0.4, -0.2) is 6.29 Å². The van der Waals surface area contributed by atoms with Crippen molar-refractivity contribution in [2.75, 3.05) is 0 Å². The summed E-state index contributed by atoms with van der Waals surface area (Å²) in [5.41, 5.74) is 4.17. The summed E-state index contributed by atoms with van der Waals surface area (Å²) in [5, 5.41) is 0. The van der Waals surface area contributed by atoms with Crippen molar-refractivity contribution in [3.8, 4) is 0 Å². The molecule has 1 aliphatic rings. The lowest BCUT2D eigenvalue weighted by atomic mass is 9.73. The van der Waals surface area contributed by atoms with Crippen molar-refractivity contribution in [2.45, 2.75) is 47.0 Å². The third-order valence-electron chi connectivity index (χ3n) is 3.31. The summed E-state index contributed by atoms with van der Waals surface area (Å²) >= 11 is 0. The van der Waals surface area contributed by atoms with Crippen LogP contribution in [0.25, 0.3) is 0 Å². The highest BCUT2D eigenvalue weighted by molar-refractivity contribution is 5.54. The molecule has 0 heterocycles. The average Bonchev–Trinajstić information content (AvgIpc) is 2.16. The first-order valence-corrected chi connectivity index (χ1v) is 5.96. The molecular weight excluding hydrogens is 196 g/mol. The second-order valence-corrected chi connectivity index (χ2v) is 5.27. The van der Waals surface area contributed by atoms with E-state index >= 15 is 0 Å². The molecule has 16 heavy (non-hydrogen) atoms. The molecule has 88 valence electrons. The van der Waals surface area contributed by atoms with Crippen LogP contribution >= 0.6 is 0 Å². The summed E-state index contributed by atoms with van der Waals surface area (Å²) in [6.07, 6.45) is 10.4. The summed E-state index contributed by atoms with van der Waals surface area (Å²) in [6, 6.07) is 0. The van der Waals surface area contributed by atoms with E-state index < -0.39 is 0 Å². The standard InChI is InChI=1S/C15H22O/c1-12(9-11-16)7-8-14-13(2)6-5-10-15(14,3)4/h6-8,11H,5,9-10H2,1-4H3. The number of hydrogen-bond acceptors (Lipinski definition) is 1. The zero-order valence-corrected chi connectivity index (χ0v) is 10.8. The van der Waals surface area contributed by atoms with Gasteiger partial charge in [-0.15, -0.1) is 0 Å². The number of rotatable bonds is 3. The lowest BCUT2D eigenvalue weighted by Gasteiger charge is -2.32. The molecule has 0 spiro atoms. The van der Waals surface area contributed by atoms with E-state index in [1.165, 1.54) is 24.0 Å². The zero-order valence-electron chi connectivity index (χ0n) is 10.8. The first-order valence-electron chi connectivity index (χ1n) is 5.96. The highest BCUT2D eigenvalue weighted by Gasteiger charge is 2.26. The van der Waals surface area contributed by atoms with Gasteiger partial charge in [-0.25, -0.2) is 0 Å². The van der Waals surface area contributed by atoms with Crippen molar-refractivity contribution in [3.05, 3.63) is 34.9 Å². The highest BCUT2D eigenvalue weighted by Crippen LogP contribution is 2.40. The molecule has 0 aromatic rings. The predicted octanol–water partition coefficient (Wildman–Crippen LogP) is 4.21. The fourth-order valence-corrected chi connectivity index (χ4v) is 2.21. The molecule has 0 aromatic heterocycles. The van der Waals surface area contributed by atoms with Crippen LogP contribution in [0.15, 0.2) is 34.9 Å². The number of allylic oxidation sites excluding steroid dienone is 6. The predicted molar refractivity (Wildman–Crippen MR) is 69.3 cm³/mol. The summed E-state index contributed by atoms with van der Waals surface area (Å²) in [6.45, 7) is 8.76. The Morgan fingerprint density at radius 1 is 1.50 bits per heavy atom. The Hall–Kier alpha value is -1.11. The summed E-state index contributed by atoms with van der Waals surface area (Å²) in [7, 11) is 0. The molecule has 0 amide bonds. The number of aldehydes is 1. The van der Waals surface area contributed by atoms with Gasteiger partial charge in [0.15, 0.2) is 0 Å². The van der Waals surface area contributed by atoms with Gasteiger partial charge in [-0.2, -0.15) is 0 Å². The first-order chi connectivity index (χ1) is 7.47. The Bertz CT molecular complexity index is 354. The summed E-state index contributed by atoms with van der Waals surface area (Å²) in [4.78, 5) is 10.4. The van der Waals surface area contributed by atoms with Gasteiger partial charge in [0, 0.05) is 6.42 Å². The van der Waals surface area contributed by atoms with E-state index in [9.17, 15) is 4.79 Å². The van der Waals surface area contributed by atoms with Crippen LogP contribution in [0.2, 0.25) is 0 Å². The number of carbonyl (C=O) groups is 1. The maximum atomic E-state index is 10.4. The van der Waals surface area contributed by atoms with Crippen molar-refractivity contribution >= 4 is 6.29 Å². The number of hydrogen-bond donors (Lipinski definition) is 0. The average molecular weight is 218 g/mol. The van der Waals surface area contributed by atoms with Gasteiger partial charge in [-0.1, -0.05) is 43.2 Å². The van der Waals surface area contributed by atoms with Gasteiger partial charge in [0.05, 0.1) is 0 Å². The van der Waals surface area contributed by atoms with E-state index in [0.29, 0.717) is 6.42 Å². The van der Waals surface area contributed by atoms with E-state index in [0.717, 1.165) is 11.9 Å². The first kappa shape index (κ1) is 13.0. The van der Waals surface area contributed by atoms with Gasteiger partial charge < -0.3 is 4.79 Å². The molecule has 1 heteroatoms. The molecule has 0 fully saturated rings. The minimum atomic E-state index is 0.261. The SMILES string of the molecule is CC(=CC=C1C(C)=CCCC1(C)C)CC=O. The summed E-state index contributed by atoms with van der Waals surface area (Å²) < 4.78 is 0. The van der Waals surface area contributed by atoms with Crippen LogP contribution < -0.4 is 0 Å². The van der Waals surface area contributed by atoms with Crippen molar-refractivity contribution in [2.24, 2.45) is 5.41 Å². The van der Waals surface area contributed by atoms with E-state index in [-0.39, 0.29) is 5.41 Å². The van der Waals surface area contributed by atoms with E-state index in [2.05, 4.69) is 39.0 Å². The monoisotopic (exact) mass is 218 g/mol. The lowest BCUT2D eigenvalue weighted by molar-refractivity contribution is -0.107. The molecule has 0 radical (unpaired) electrons. The topological polar surface area (TPSA) is 17.1 Å². The van der Waals surface area contributed by atoms with Gasteiger partial charge in [0.2, 0.25) is 0 Å². The highest BCUT2D eigenvalue weighted by atomic mass is 16.1. The third-order valence-corrected chi connectivity index (χ3v) is 3.31. The fraction of sp³-hybridized carbons (Fsp3) is 0.533. The third kappa shape index (κ3) is 3.19. The largest absolute Gasteiger partial charge is 0.303 e. The Kier molecular flexibility index (Phi) is 4.28. The van der Waals surface area contributed by atoms with E-state index in [1.54, 1.807) is 0 Å². The van der Waals surface area contributed by atoms with Crippen LogP contribution in [0.1, 0.15) is 47.0 Å². The summed E-state index contributed by atoms with van der Waals surface area (Å²) in [5.74, 6) is 0.